The van der Waals surface area contributed by atoms with Crippen molar-refractivity contribution in [2.24, 2.45) is 0 Å². The van der Waals surface area contributed by atoms with Gasteiger partial charge in [-0.1, -0.05) is 24.3 Å². The van der Waals surface area contributed by atoms with Gasteiger partial charge in [0.2, 0.25) is 0 Å². The molecule has 0 aliphatic heterocycles. The van der Waals surface area contributed by atoms with E-state index in [0.29, 0.717) is 39.0 Å². The van der Waals surface area contributed by atoms with E-state index in [0.717, 1.165) is 0 Å². The summed E-state index contributed by atoms with van der Waals surface area (Å²) in [5, 5.41) is 0.482. The number of esters is 1. The van der Waals surface area contributed by atoms with E-state index in [1.54, 1.807) is 44.2 Å². The van der Waals surface area contributed by atoms with Crippen molar-refractivity contribution in [2.75, 3.05) is 6.61 Å². The highest BCUT2D eigenvalue weighted by Crippen LogP contribution is 2.34. The third-order valence-corrected chi connectivity index (χ3v) is 4.39. The summed E-state index contributed by atoms with van der Waals surface area (Å²) in [4.78, 5) is 37.8. The Hall–Kier alpha value is -3.21. The van der Waals surface area contributed by atoms with Crippen molar-refractivity contribution in [1.29, 1.82) is 0 Å². The fraction of sp³-hybridized carbons (Fsp3) is 0.150. The lowest BCUT2D eigenvalue weighted by Crippen LogP contribution is -2.20. The maximum Gasteiger partial charge on any atom is 0.342 e. The molecule has 1 aromatic heterocycles. The second-order valence-corrected chi connectivity index (χ2v) is 5.85. The summed E-state index contributed by atoms with van der Waals surface area (Å²) >= 11 is 0. The summed E-state index contributed by atoms with van der Waals surface area (Å²) in [7, 11) is 0. The predicted octanol–water partition coefficient (Wildman–Crippen LogP) is 3.69. The molecule has 0 saturated carbocycles. The molecule has 1 heterocycles. The smallest absolute Gasteiger partial charge is 0.342 e. The molecular weight excluding hydrogens is 320 g/mol. The number of benzene rings is 2. The maximum absolute atomic E-state index is 12.8. The largest absolute Gasteiger partial charge is 0.462 e. The van der Waals surface area contributed by atoms with Crippen molar-refractivity contribution in [2.45, 2.75) is 13.8 Å². The van der Waals surface area contributed by atoms with Gasteiger partial charge in [-0.15, -0.1) is 0 Å². The molecule has 0 N–H and O–H groups in total. The summed E-state index contributed by atoms with van der Waals surface area (Å²) in [6.45, 7) is 3.61. The monoisotopic (exact) mass is 334 g/mol. The third kappa shape index (κ3) is 2.12. The lowest BCUT2D eigenvalue weighted by atomic mass is 9.83. The standard InChI is InChI=1S/C20H14O5/c1-3-24-20(23)17-10(2)25-16-9-14-13(8-15(16)17)18(21)11-6-4-5-7-12(11)19(14)22/h4-9H,3H2,1-2H3. The van der Waals surface area contributed by atoms with Crippen LogP contribution in [0.1, 0.15) is 54.9 Å². The van der Waals surface area contributed by atoms with Gasteiger partial charge < -0.3 is 9.15 Å². The van der Waals surface area contributed by atoms with Crippen molar-refractivity contribution in [1.82, 2.24) is 0 Å². The Kier molecular flexibility index (Phi) is 3.32. The number of rotatable bonds is 2. The van der Waals surface area contributed by atoms with Gasteiger partial charge >= 0.3 is 5.97 Å². The normalized spacial score (nSPS) is 12.9. The molecule has 4 rings (SSSR count). The molecular formula is C20H14O5. The zero-order chi connectivity index (χ0) is 17.7. The van der Waals surface area contributed by atoms with E-state index >= 15 is 0 Å². The van der Waals surface area contributed by atoms with Crippen LogP contribution in [0.4, 0.5) is 0 Å². The molecule has 3 aromatic rings. The van der Waals surface area contributed by atoms with Crippen LogP contribution in [0.3, 0.4) is 0 Å². The topological polar surface area (TPSA) is 73.6 Å². The van der Waals surface area contributed by atoms with E-state index in [4.69, 9.17) is 9.15 Å². The van der Waals surface area contributed by atoms with Crippen LogP contribution >= 0.6 is 0 Å². The van der Waals surface area contributed by atoms with Crippen LogP contribution in [-0.2, 0) is 4.74 Å². The van der Waals surface area contributed by atoms with Gasteiger partial charge in [0, 0.05) is 27.6 Å². The number of ketones is 2. The summed E-state index contributed by atoms with van der Waals surface area (Å²) in [5.74, 6) is -0.568. The Morgan fingerprint density at radius 3 is 2.20 bits per heavy atom. The van der Waals surface area contributed by atoms with Crippen LogP contribution in [0.2, 0.25) is 0 Å². The molecule has 0 amide bonds. The predicted molar refractivity (Wildman–Crippen MR) is 90.2 cm³/mol. The summed E-state index contributed by atoms with van der Waals surface area (Å²) < 4.78 is 10.7. The van der Waals surface area contributed by atoms with Crippen molar-refractivity contribution < 1.29 is 23.5 Å². The first-order chi connectivity index (χ1) is 12.0. The molecule has 0 spiro atoms. The minimum atomic E-state index is -0.506. The molecule has 5 heteroatoms. The fourth-order valence-corrected chi connectivity index (χ4v) is 3.27. The van der Waals surface area contributed by atoms with Crippen LogP contribution in [0.5, 0.6) is 0 Å². The summed E-state index contributed by atoms with van der Waals surface area (Å²) in [5.41, 5.74) is 2.01. The minimum absolute atomic E-state index is 0.223. The Balaban J connectivity index is 1.98. The van der Waals surface area contributed by atoms with E-state index in [9.17, 15) is 14.4 Å². The highest BCUT2D eigenvalue weighted by atomic mass is 16.5. The number of hydrogen-bond acceptors (Lipinski definition) is 5. The van der Waals surface area contributed by atoms with Gasteiger partial charge in [0.15, 0.2) is 11.6 Å². The van der Waals surface area contributed by atoms with Crippen LogP contribution < -0.4 is 0 Å². The van der Waals surface area contributed by atoms with Gasteiger partial charge in [-0.05, 0) is 26.0 Å². The molecule has 0 radical (unpaired) electrons. The Labute approximate surface area is 143 Å². The number of fused-ring (bicyclic) bond motifs is 3. The zero-order valence-corrected chi connectivity index (χ0v) is 13.7. The maximum atomic E-state index is 12.8. The molecule has 25 heavy (non-hydrogen) atoms. The second-order valence-electron chi connectivity index (χ2n) is 5.85. The lowest BCUT2D eigenvalue weighted by molar-refractivity contribution is 0.0526. The van der Waals surface area contributed by atoms with Crippen LogP contribution in [-0.4, -0.2) is 24.1 Å². The van der Waals surface area contributed by atoms with Crippen molar-refractivity contribution >= 4 is 28.5 Å². The minimum Gasteiger partial charge on any atom is -0.462 e. The Morgan fingerprint density at radius 2 is 1.60 bits per heavy atom. The Morgan fingerprint density at radius 1 is 1.00 bits per heavy atom. The lowest BCUT2D eigenvalue weighted by Gasteiger charge is -2.17. The van der Waals surface area contributed by atoms with Crippen molar-refractivity contribution in [3.63, 3.8) is 0 Å². The van der Waals surface area contributed by atoms with Gasteiger partial charge in [-0.2, -0.15) is 0 Å². The number of furan rings is 1. The summed E-state index contributed by atoms with van der Waals surface area (Å²) in [6, 6.07) is 9.82. The molecule has 1 aliphatic rings. The average Bonchev–Trinajstić information content (AvgIpc) is 2.93. The molecule has 0 unspecified atom stereocenters. The van der Waals surface area contributed by atoms with Crippen LogP contribution in [0.25, 0.3) is 11.0 Å². The highest BCUT2D eigenvalue weighted by molar-refractivity contribution is 6.29. The van der Waals surface area contributed by atoms with Crippen molar-refractivity contribution in [3.05, 3.63) is 70.0 Å². The van der Waals surface area contributed by atoms with Gasteiger partial charge in [0.05, 0.1) is 6.61 Å². The number of carbonyl (C=O) groups excluding carboxylic acids is 3. The fourth-order valence-electron chi connectivity index (χ4n) is 3.27. The van der Waals surface area contributed by atoms with E-state index < -0.39 is 5.97 Å². The molecule has 0 fully saturated rings. The number of hydrogen-bond donors (Lipinski definition) is 0. The number of ether oxygens (including phenoxy) is 1. The first kappa shape index (κ1) is 15.3. The van der Waals surface area contributed by atoms with Crippen LogP contribution in [0.15, 0.2) is 40.8 Å². The molecule has 124 valence electrons. The second kappa shape index (κ2) is 5.41. The van der Waals surface area contributed by atoms with E-state index in [1.807, 2.05) is 0 Å². The molecule has 5 nitrogen and oxygen atoms in total. The number of aryl methyl sites for hydroxylation is 1. The molecule has 0 saturated heterocycles. The Bertz CT molecular complexity index is 1070. The average molecular weight is 334 g/mol. The SMILES string of the molecule is CCOC(=O)c1c(C)oc2cc3c(cc12)C(=O)c1ccccc1C3=O. The third-order valence-electron chi connectivity index (χ3n) is 4.39. The van der Waals surface area contributed by atoms with Crippen LogP contribution in [0, 0.1) is 6.92 Å². The van der Waals surface area contributed by atoms with Crippen molar-refractivity contribution in [3.8, 4) is 0 Å². The first-order valence-corrected chi connectivity index (χ1v) is 7.95. The van der Waals surface area contributed by atoms with E-state index in [-0.39, 0.29) is 23.7 Å². The molecule has 2 aromatic carbocycles. The summed E-state index contributed by atoms with van der Waals surface area (Å²) in [6.07, 6.45) is 0. The first-order valence-electron chi connectivity index (χ1n) is 7.95. The van der Waals surface area contributed by atoms with Gasteiger partial charge in [-0.3, -0.25) is 9.59 Å². The van der Waals surface area contributed by atoms with Gasteiger partial charge in [0.25, 0.3) is 0 Å². The van der Waals surface area contributed by atoms with E-state index in [2.05, 4.69) is 0 Å². The number of carbonyl (C=O) groups is 3. The molecule has 1 aliphatic carbocycles. The van der Waals surface area contributed by atoms with Gasteiger partial charge in [-0.25, -0.2) is 4.79 Å². The van der Waals surface area contributed by atoms with Gasteiger partial charge in [0.1, 0.15) is 16.9 Å². The van der Waals surface area contributed by atoms with E-state index in [1.165, 1.54) is 6.07 Å². The molecule has 0 bridgehead atoms. The zero-order valence-electron chi connectivity index (χ0n) is 13.7. The highest BCUT2D eigenvalue weighted by Gasteiger charge is 2.31. The quantitative estimate of drug-likeness (QED) is 0.523. The molecule has 0 atom stereocenters.